The first kappa shape index (κ1) is 10.3. The molecule has 1 aromatic rings. The molecule has 0 fully saturated rings. The van der Waals surface area contributed by atoms with Gasteiger partial charge in [-0.05, 0) is 5.56 Å². The Morgan fingerprint density at radius 3 is 2.50 bits per heavy atom. The van der Waals surface area contributed by atoms with Crippen LogP contribution in [0.5, 0.6) is 0 Å². The van der Waals surface area contributed by atoms with E-state index in [1.54, 1.807) is 0 Å². The van der Waals surface area contributed by atoms with Crippen molar-refractivity contribution in [3.8, 4) is 0 Å². The quantitative estimate of drug-likeness (QED) is 0.419. The Hall–Kier alpha value is 0.210. The molecule has 12 heavy (non-hydrogen) atoms. The Bertz CT molecular complexity index is 201. The van der Waals surface area contributed by atoms with E-state index < -0.39 is 0 Å². The lowest BCUT2D eigenvalue weighted by Gasteiger charge is -1.98. The molecule has 0 N–H and O–H groups in total. The summed E-state index contributed by atoms with van der Waals surface area (Å²) in [6.45, 7) is 0. The van der Waals surface area contributed by atoms with E-state index in [0.717, 1.165) is 17.4 Å². The zero-order valence-electron chi connectivity index (χ0n) is 6.70. The second kappa shape index (κ2) is 6.70. The third-order valence-electron chi connectivity index (χ3n) is 1.31. The molecule has 1 aromatic carbocycles. The molecule has 0 spiro atoms. The summed E-state index contributed by atoms with van der Waals surface area (Å²) in [5.74, 6) is 2.84. The van der Waals surface area contributed by atoms with Gasteiger partial charge in [-0.15, -0.1) is 11.6 Å². The van der Waals surface area contributed by atoms with Crippen molar-refractivity contribution in [2.75, 3.05) is 11.6 Å². The van der Waals surface area contributed by atoms with Crippen LogP contribution in [0, 0.1) is 0 Å². The number of alkyl halides is 1. The zero-order chi connectivity index (χ0) is 8.65. The molecule has 0 aromatic heterocycles. The van der Waals surface area contributed by atoms with Crippen molar-refractivity contribution in [2.45, 2.75) is 5.75 Å². The fourth-order valence-corrected chi connectivity index (χ4v) is 3.13. The lowest BCUT2D eigenvalue weighted by Crippen LogP contribution is -1.78. The van der Waals surface area contributed by atoms with Gasteiger partial charge in [0, 0.05) is 17.4 Å². The van der Waals surface area contributed by atoms with Gasteiger partial charge in [-0.1, -0.05) is 51.9 Å². The highest BCUT2D eigenvalue weighted by atomic mass is 35.5. The molecule has 0 saturated carbocycles. The molecule has 0 saturated heterocycles. The Morgan fingerprint density at radius 1 is 1.08 bits per heavy atom. The summed E-state index contributed by atoms with van der Waals surface area (Å²) >= 11 is 5.55. The van der Waals surface area contributed by atoms with Gasteiger partial charge in [-0.25, -0.2) is 0 Å². The first-order valence-electron chi connectivity index (χ1n) is 3.78. The van der Waals surface area contributed by atoms with Gasteiger partial charge in [0.2, 0.25) is 0 Å². The van der Waals surface area contributed by atoms with Crippen molar-refractivity contribution in [3.05, 3.63) is 35.9 Å². The van der Waals surface area contributed by atoms with Crippen LogP contribution in [-0.4, -0.2) is 11.6 Å². The average Bonchev–Trinajstić information content (AvgIpc) is 2.14. The van der Waals surface area contributed by atoms with Crippen molar-refractivity contribution in [1.82, 2.24) is 0 Å². The Balaban J connectivity index is 2.16. The maximum Gasteiger partial charge on any atom is 0.0322 e. The standard InChI is InChI=1S/C9H11ClS2/c10-6-7-11-12-8-9-4-2-1-3-5-9/h1-5H,6-8H2. The van der Waals surface area contributed by atoms with Gasteiger partial charge in [0.25, 0.3) is 0 Å². The molecule has 0 aliphatic carbocycles. The van der Waals surface area contributed by atoms with Gasteiger partial charge < -0.3 is 0 Å². The van der Waals surface area contributed by atoms with Crippen LogP contribution in [0.3, 0.4) is 0 Å². The highest BCUT2D eigenvalue weighted by molar-refractivity contribution is 8.76. The summed E-state index contributed by atoms with van der Waals surface area (Å²) in [6.07, 6.45) is 0. The van der Waals surface area contributed by atoms with Gasteiger partial charge in [-0.2, -0.15) is 0 Å². The van der Waals surface area contributed by atoms with Crippen molar-refractivity contribution in [1.29, 1.82) is 0 Å². The Labute approximate surface area is 86.5 Å². The highest BCUT2D eigenvalue weighted by Gasteiger charge is 1.91. The first-order valence-corrected chi connectivity index (χ1v) is 6.80. The van der Waals surface area contributed by atoms with E-state index in [0.29, 0.717) is 0 Å². The number of benzene rings is 1. The van der Waals surface area contributed by atoms with E-state index >= 15 is 0 Å². The van der Waals surface area contributed by atoms with Crippen LogP contribution in [0.25, 0.3) is 0 Å². The Kier molecular flexibility index (Phi) is 5.74. The second-order valence-corrected chi connectivity index (χ2v) is 5.22. The lowest BCUT2D eigenvalue weighted by molar-refractivity contribution is 1.43. The number of hydrogen-bond donors (Lipinski definition) is 0. The minimum atomic E-state index is 0.743. The summed E-state index contributed by atoms with van der Waals surface area (Å²) < 4.78 is 0. The fourth-order valence-electron chi connectivity index (χ4n) is 0.774. The SMILES string of the molecule is ClCCSSCc1ccccc1. The van der Waals surface area contributed by atoms with E-state index in [4.69, 9.17) is 11.6 Å². The molecule has 0 aliphatic heterocycles. The minimum absolute atomic E-state index is 0.743. The van der Waals surface area contributed by atoms with Crippen molar-refractivity contribution in [3.63, 3.8) is 0 Å². The van der Waals surface area contributed by atoms with Crippen LogP contribution in [0.1, 0.15) is 5.56 Å². The van der Waals surface area contributed by atoms with Crippen LogP contribution in [0.15, 0.2) is 30.3 Å². The van der Waals surface area contributed by atoms with E-state index in [-0.39, 0.29) is 0 Å². The molecule has 0 radical (unpaired) electrons. The second-order valence-electron chi connectivity index (χ2n) is 2.26. The lowest BCUT2D eigenvalue weighted by atomic mass is 10.2. The summed E-state index contributed by atoms with van der Waals surface area (Å²) in [7, 11) is 3.70. The van der Waals surface area contributed by atoms with E-state index in [1.807, 2.05) is 27.7 Å². The minimum Gasteiger partial charge on any atom is -0.126 e. The monoisotopic (exact) mass is 218 g/mol. The van der Waals surface area contributed by atoms with E-state index in [2.05, 4.69) is 24.3 Å². The molecular formula is C9H11ClS2. The van der Waals surface area contributed by atoms with Gasteiger partial charge in [0.15, 0.2) is 0 Å². The summed E-state index contributed by atoms with van der Waals surface area (Å²) in [5, 5.41) is 0. The summed E-state index contributed by atoms with van der Waals surface area (Å²) in [6, 6.07) is 10.5. The largest absolute Gasteiger partial charge is 0.126 e. The summed E-state index contributed by atoms with van der Waals surface area (Å²) in [4.78, 5) is 0. The topological polar surface area (TPSA) is 0 Å². The number of halogens is 1. The smallest absolute Gasteiger partial charge is 0.0322 e. The van der Waals surface area contributed by atoms with Crippen LogP contribution < -0.4 is 0 Å². The molecule has 3 heteroatoms. The molecule has 1 rings (SSSR count). The number of hydrogen-bond acceptors (Lipinski definition) is 2. The predicted molar refractivity (Wildman–Crippen MR) is 60.9 cm³/mol. The predicted octanol–water partition coefficient (Wildman–Crippen LogP) is 3.81. The van der Waals surface area contributed by atoms with Crippen molar-refractivity contribution in [2.24, 2.45) is 0 Å². The van der Waals surface area contributed by atoms with Crippen LogP contribution in [-0.2, 0) is 5.75 Å². The molecule has 0 amide bonds. The first-order chi connectivity index (χ1) is 5.93. The van der Waals surface area contributed by atoms with E-state index in [9.17, 15) is 0 Å². The van der Waals surface area contributed by atoms with Crippen LogP contribution in [0.4, 0.5) is 0 Å². The van der Waals surface area contributed by atoms with Gasteiger partial charge >= 0.3 is 0 Å². The van der Waals surface area contributed by atoms with Gasteiger partial charge in [0.05, 0.1) is 0 Å². The molecule has 0 heterocycles. The molecule has 66 valence electrons. The van der Waals surface area contributed by atoms with E-state index in [1.165, 1.54) is 5.56 Å². The molecule has 0 unspecified atom stereocenters. The normalized spacial score (nSPS) is 10.1. The number of rotatable bonds is 5. The molecule has 0 atom stereocenters. The van der Waals surface area contributed by atoms with Gasteiger partial charge in [0.1, 0.15) is 0 Å². The van der Waals surface area contributed by atoms with Crippen molar-refractivity contribution < 1.29 is 0 Å². The third-order valence-corrected chi connectivity index (χ3v) is 4.07. The van der Waals surface area contributed by atoms with Crippen molar-refractivity contribution >= 4 is 33.2 Å². The summed E-state index contributed by atoms with van der Waals surface area (Å²) in [5.41, 5.74) is 1.38. The molecular weight excluding hydrogens is 208 g/mol. The van der Waals surface area contributed by atoms with Crippen LogP contribution in [0.2, 0.25) is 0 Å². The third kappa shape index (κ3) is 4.29. The molecule has 0 bridgehead atoms. The average molecular weight is 219 g/mol. The molecule has 0 aliphatic rings. The maximum absolute atomic E-state index is 5.55. The van der Waals surface area contributed by atoms with Gasteiger partial charge in [-0.3, -0.25) is 0 Å². The van der Waals surface area contributed by atoms with Crippen LogP contribution >= 0.6 is 33.2 Å². The molecule has 0 nitrogen and oxygen atoms in total. The fraction of sp³-hybridized carbons (Fsp3) is 0.333. The Morgan fingerprint density at radius 2 is 1.83 bits per heavy atom. The zero-order valence-corrected chi connectivity index (χ0v) is 9.09. The maximum atomic E-state index is 5.55. The highest BCUT2D eigenvalue weighted by Crippen LogP contribution is 2.25.